The van der Waals surface area contributed by atoms with Crippen LogP contribution in [-0.2, 0) is 17.8 Å². The molecule has 31 heavy (non-hydrogen) atoms. The first-order valence-electron chi connectivity index (χ1n) is 10.1. The van der Waals surface area contributed by atoms with Crippen molar-refractivity contribution in [3.63, 3.8) is 0 Å². The van der Waals surface area contributed by atoms with Crippen molar-refractivity contribution in [1.82, 2.24) is 19.3 Å². The number of nitrogens with one attached hydrogen (secondary N) is 2. The van der Waals surface area contributed by atoms with Gasteiger partial charge in [0.05, 0.1) is 36.4 Å². The number of pyridine rings is 2. The van der Waals surface area contributed by atoms with Crippen molar-refractivity contribution in [2.75, 3.05) is 6.61 Å². The molecule has 1 atom stereocenters. The Labute approximate surface area is 176 Å². The van der Waals surface area contributed by atoms with Gasteiger partial charge in [-0.15, -0.1) is 0 Å². The van der Waals surface area contributed by atoms with Crippen LogP contribution in [0.1, 0.15) is 29.0 Å². The van der Waals surface area contributed by atoms with Gasteiger partial charge in [0.2, 0.25) is 0 Å². The lowest BCUT2D eigenvalue weighted by atomic mass is 10.1. The molecule has 0 spiro atoms. The molecule has 0 aromatic carbocycles. The van der Waals surface area contributed by atoms with E-state index < -0.39 is 5.91 Å². The minimum Gasteiger partial charge on any atom is -0.467 e. The third kappa shape index (κ3) is 3.53. The summed E-state index contributed by atoms with van der Waals surface area (Å²) < 4.78 is 14.1. The molecule has 0 radical (unpaired) electrons. The van der Waals surface area contributed by atoms with Crippen LogP contribution in [0.4, 0.5) is 0 Å². The summed E-state index contributed by atoms with van der Waals surface area (Å²) in [6.07, 6.45) is 4.88. The second-order valence-electron chi connectivity index (χ2n) is 7.50. The van der Waals surface area contributed by atoms with E-state index in [1.807, 2.05) is 0 Å². The zero-order valence-electron chi connectivity index (χ0n) is 16.7. The second-order valence-corrected chi connectivity index (χ2v) is 7.50. The number of hydrogen-bond acceptors (Lipinski definition) is 6. The van der Waals surface area contributed by atoms with E-state index >= 15 is 0 Å². The van der Waals surface area contributed by atoms with Crippen LogP contribution < -0.4 is 16.4 Å². The first-order chi connectivity index (χ1) is 15.1. The highest BCUT2D eigenvalue weighted by Gasteiger charge is 2.22. The molecule has 2 N–H and O–H groups in total. The van der Waals surface area contributed by atoms with E-state index in [1.165, 1.54) is 16.7 Å². The zero-order chi connectivity index (χ0) is 21.4. The van der Waals surface area contributed by atoms with Crippen LogP contribution in [0, 0.1) is 5.41 Å². The molecule has 1 saturated heterocycles. The molecule has 0 bridgehead atoms. The Morgan fingerprint density at radius 1 is 1.29 bits per heavy atom. The van der Waals surface area contributed by atoms with E-state index in [0.29, 0.717) is 30.2 Å². The summed E-state index contributed by atoms with van der Waals surface area (Å²) in [7, 11) is 0. The third-order valence-electron chi connectivity index (χ3n) is 5.48. The number of nitrogens with zero attached hydrogens (tertiary/aromatic N) is 3. The largest absolute Gasteiger partial charge is 0.467 e. The maximum absolute atomic E-state index is 13.2. The molecule has 1 aliphatic heterocycles. The van der Waals surface area contributed by atoms with E-state index in [2.05, 4.69) is 10.3 Å². The van der Waals surface area contributed by atoms with Gasteiger partial charge < -0.3 is 19.0 Å². The predicted molar refractivity (Wildman–Crippen MR) is 112 cm³/mol. The first-order valence-corrected chi connectivity index (χ1v) is 10.1. The van der Waals surface area contributed by atoms with Crippen LogP contribution in [0.25, 0.3) is 16.7 Å². The number of carbonyl (C=O) groups excluding carboxylic acids is 1. The second kappa shape index (κ2) is 7.84. The number of furan rings is 1. The van der Waals surface area contributed by atoms with Crippen molar-refractivity contribution in [3.05, 3.63) is 76.0 Å². The highest BCUT2D eigenvalue weighted by atomic mass is 16.5. The summed E-state index contributed by atoms with van der Waals surface area (Å²) in [4.78, 5) is 30.7. The van der Waals surface area contributed by atoms with Crippen LogP contribution in [0.5, 0.6) is 0 Å². The minimum atomic E-state index is -0.457. The summed E-state index contributed by atoms with van der Waals surface area (Å²) in [5, 5.41) is 11.8. The lowest BCUT2D eigenvalue weighted by Crippen LogP contribution is -2.36. The lowest BCUT2D eigenvalue weighted by Gasteiger charge is -2.17. The van der Waals surface area contributed by atoms with Crippen molar-refractivity contribution < 1.29 is 13.9 Å². The maximum atomic E-state index is 13.2. The molecule has 4 aromatic rings. The Kier molecular flexibility index (Phi) is 4.87. The van der Waals surface area contributed by atoms with Crippen molar-refractivity contribution in [3.8, 4) is 0 Å². The molecule has 0 saturated carbocycles. The number of carbonyl (C=O) groups is 1. The number of amides is 1. The minimum absolute atomic E-state index is 0.00729. The fourth-order valence-corrected chi connectivity index (χ4v) is 3.91. The SMILES string of the molecule is N=c1c(C(=O)NCc2ccco2)cc2c(=O)n3ccccc3nc2n1C[C@H]1CCCO1. The van der Waals surface area contributed by atoms with Crippen molar-refractivity contribution in [2.45, 2.75) is 32.0 Å². The summed E-state index contributed by atoms with van der Waals surface area (Å²) in [6.45, 7) is 1.20. The van der Waals surface area contributed by atoms with Crippen molar-refractivity contribution in [1.29, 1.82) is 5.41 Å². The maximum Gasteiger partial charge on any atom is 0.267 e. The van der Waals surface area contributed by atoms with Gasteiger partial charge in [-0.05, 0) is 43.2 Å². The number of rotatable bonds is 5. The molecule has 1 fully saturated rings. The number of ether oxygens (including phenoxy) is 1. The van der Waals surface area contributed by atoms with Crippen LogP contribution in [0.15, 0.2) is 58.1 Å². The molecule has 9 nitrogen and oxygen atoms in total. The fraction of sp³-hybridized carbons (Fsp3) is 0.273. The van der Waals surface area contributed by atoms with E-state index in [4.69, 9.17) is 14.6 Å². The molecule has 5 rings (SSSR count). The summed E-state index contributed by atoms with van der Waals surface area (Å²) in [5.41, 5.74) is 0.663. The number of aromatic nitrogens is 3. The topological polar surface area (TPSA) is 115 Å². The molecule has 1 aliphatic rings. The van der Waals surface area contributed by atoms with Crippen LogP contribution >= 0.6 is 0 Å². The Morgan fingerprint density at radius 2 is 2.19 bits per heavy atom. The molecular formula is C22H21N5O4. The fourth-order valence-electron chi connectivity index (χ4n) is 3.91. The van der Waals surface area contributed by atoms with Crippen molar-refractivity contribution in [2.24, 2.45) is 0 Å². The summed E-state index contributed by atoms with van der Waals surface area (Å²) in [6, 6.07) is 10.2. The highest BCUT2D eigenvalue weighted by Crippen LogP contribution is 2.17. The van der Waals surface area contributed by atoms with Crippen LogP contribution in [0.2, 0.25) is 0 Å². The van der Waals surface area contributed by atoms with E-state index in [-0.39, 0.29) is 34.6 Å². The highest BCUT2D eigenvalue weighted by molar-refractivity contribution is 5.96. The Balaban J connectivity index is 1.66. The van der Waals surface area contributed by atoms with Crippen LogP contribution in [0.3, 0.4) is 0 Å². The molecule has 9 heteroatoms. The Bertz CT molecular complexity index is 1380. The van der Waals surface area contributed by atoms with Gasteiger partial charge in [0.25, 0.3) is 11.5 Å². The number of hydrogen-bond donors (Lipinski definition) is 2. The van der Waals surface area contributed by atoms with E-state index in [1.54, 1.807) is 41.1 Å². The number of fused-ring (bicyclic) bond motifs is 2. The van der Waals surface area contributed by atoms with Crippen LogP contribution in [-0.4, -0.2) is 32.6 Å². The lowest BCUT2D eigenvalue weighted by molar-refractivity contribution is 0.0929. The van der Waals surface area contributed by atoms with Gasteiger partial charge in [-0.2, -0.15) is 0 Å². The molecule has 0 aliphatic carbocycles. The molecule has 4 aromatic heterocycles. The summed E-state index contributed by atoms with van der Waals surface area (Å²) >= 11 is 0. The molecule has 0 unspecified atom stereocenters. The van der Waals surface area contributed by atoms with E-state index in [0.717, 1.165) is 12.8 Å². The average molecular weight is 419 g/mol. The zero-order valence-corrected chi connectivity index (χ0v) is 16.7. The quantitative estimate of drug-likeness (QED) is 0.479. The summed E-state index contributed by atoms with van der Waals surface area (Å²) in [5.74, 6) is 0.141. The molecular weight excluding hydrogens is 398 g/mol. The van der Waals surface area contributed by atoms with E-state index in [9.17, 15) is 9.59 Å². The van der Waals surface area contributed by atoms with Gasteiger partial charge in [-0.3, -0.25) is 19.4 Å². The van der Waals surface area contributed by atoms with Gasteiger partial charge in [-0.25, -0.2) is 4.98 Å². The smallest absolute Gasteiger partial charge is 0.267 e. The first kappa shape index (κ1) is 19.3. The molecule has 1 amide bonds. The monoisotopic (exact) mass is 419 g/mol. The van der Waals surface area contributed by atoms with Gasteiger partial charge in [0.15, 0.2) is 0 Å². The normalized spacial score (nSPS) is 16.2. The van der Waals surface area contributed by atoms with Gasteiger partial charge in [-0.1, -0.05) is 6.07 Å². The van der Waals surface area contributed by atoms with Crippen molar-refractivity contribution >= 4 is 22.6 Å². The van der Waals surface area contributed by atoms with Gasteiger partial charge in [0.1, 0.15) is 22.5 Å². The predicted octanol–water partition coefficient (Wildman–Crippen LogP) is 1.83. The Morgan fingerprint density at radius 3 is 2.97 bits per heavy atom. The molecule has 5 heterocycles. The van der Waals surface area contributed by atoms with Gasteiger partial charge >= 0.3 is 0 Å². The standard InChI is InChI=1S/C22H21N5O4/c23-19-16(21(28)24-12-14-5-3-9-30-14)11-17-20(27(19)13-15-6-4-10-31-15)25-18-7-1-2-8-26(18)22(17)29/h1-3,5,7-9,11,15,23H,4,6,10,12-13H2,(H,24,28)/t15-/m1/s1. The third-order valence-corrected chi connectivity index (χ3v) is 5.48. The molecule has 158 valence electrons. The van der Waals surface area contributed by atoms with Gasteiger partial charge in [0, 0.05) is 12.8 Å². The Hall–Kier alpha value is -3.72. The average Bonchev–Trinajstić information content (AvgIpc) is 3.48.